The van der Waals surface area contributed by atoms with Crippen molar-refractivity contribution in [3.8, 4) is 9.27 Å². The van der Waals surface area contributed by atoms with Crippen molar-refractivity contribution in [2.75, 3.05) is 0 Å². The number of allylic oxidation sites excluding steroid dienone is 2. The number of aliphatic hydroxyl groups excluding tert-OH is 1. The van der Waals surface area contributed by atoms with Crippen LogP contribution in [0.4, 0.5) is 17.6 Å². The second-order valence-electron chi connectivity index (χ2n) is 9.88. The van der Waals surface area contributed by atoms with Crippen LogP contribution in [0.1, 0.15) is 65.8 Å². The number of carbonyl (C=O) groups excluding carboxylic acids is 1. The summed E-state index contributed by atoms with van der Waals surface area (Å²) in [7, 11) is 0. The Hall–Kier alpha value is -2.63. The number of fused-ring (bicyclic) bond motifs is 3. The average molecular weight is 902 g/mol. The first-order chi connectivity index (χ1) is 22.6. The van der Waals surface area contributed by atoms with Gasteiger partial charge >= 0.3 is 173 Å². The number of aliphatic hydroxyl groups is 1. The SMILES string of the molecule is CCC(CC)C(=O)/C=C(\O)C(CC)CC.[2H]c1nc(-c2[c-]c3ccccc3[te]2)c2c(F)c3c([2H])c([2H])c([2H])c([2H])c3c(C(F)(F)F)c2n1.[Ir]. The smallest absolute Gasteiger partial charge is 0 e. The monoisotopic (exact) mass is 905 g/mol. The number of aromatic nitrogens is 2. The van der Waals surface area contributed by atoms with Gasteiger partial charge in [-0.05, 0) is 25.7 Å². The molecule has 1 radical (unpaired) electrons. The van der Waals surface area contributed by atoms with Gasteiger partial charge in [0.2, 0.25) is 0 Å². The largest absolute Gasteiger partial charge is 0 e. The van der Waals surface area contributed by atoms with E-state index in [4.69, 9.17) is 6.85 Å². The molecule has 3 aromatic carbocycles. The third kappa shape index (κ3) is 7.59. The molecular weight excluding hydrogens is 864 g/mol. The van der Waals surface area contributed by atoms with Crippen molar-refractivity contribution in [1.29, 1.82) is 0 Å². The maximum atomic E-state index is 15.9. The van der Waals surface area contributed by atoms with Crippen LogP contribution < -0.4 is 0 Å². The molecule has 2 aromatic heterocycles. The molecule has 0 fully saturated rings. The Balaban J connectivity index is 0.000000347. The van der Waals surface area contributed by atoms with Crippen molar-refractivity contribution in [3.63, 3.8) is 0 Å². The Bertz CT molecular complexity index is 2010. The van der Waals surface area contributed by atoms with Crippen LogP contribution in [0, 0.1) is 23.7 Å². The minimum atomic E-state index is -5.14. The quantitative estimate of drug-likeness (QED) is 0.0421. The van der Waals surface area contributed by atoms with Crippen molar-refractivity contribution >= 4 is 56.7 Å². The second kappa shape index (κ2) is 15.6. The van der Waals surface area contributed by atoms with E-state index in [1.807, 2.05) is 33.8 Å². The van der Waals surface area contributed by atoms with Gasteiger partial charge in [-0.3, -0.25) is 4.79 Å². The predicted molar refractivity (Wildman–Crippen MR) is 165 cm³/mol. The fraction of sp³-hybridized carbons (Fsp3) is 0.324. The van der Waals surface area contributed by atoms with Crippen molar-refractivity contribution < 1.29 is 54.4 Å². The van der Waals surface area contributed by atoms with E-state index in [0.29, 0.717) is 8.97 Å². The fourth-order valence-electron chi connectivity index (χ4n) is 4.89. The van der Waals surface area contributed by atoms with Crippen LogP contribution in [-0.4, -0.2) is 41.3 Å². The van der Waals surface area contributed by atoms with Crippen LogP contribution >= 0.6 is 0 Å². The predicted octanol–water partition coefficient (Wildman–Crippen LogP) is 9.49. The van der Waals surface area contributed by atoms with Crippen LogP contribution in [-0.2, 0) is 31.1 Å². The molecule has 0 amide bonds. The number of benzene rings is 3. The van der Waals surface area contributed by atoms with E-state index in [1.54, 1.807) is 18.2 Å². The molecule has 0 bridgehead atoms. The zero-order chi connectivity index (χ0) is 35.7. The number of ketones is 1. The molecule has 10 heteroatoms. The molecule has 0 saturated heterocycles. The average Bonchev–Trinajstić information content (AvgIpc) is 3.47. The topological polar surface area (TPSA) is 63.1 Å². The van der Waals surface area contributed by atoms with Gasteiger partial charge in [-0.15, -0.1) is 0 Å². The number of rotatable bonds is 8. The van der Waals surface area contributed by atoms with Crippen LogP contribution in [0.5, 0.6) is 0 Å². The summed E-state index contributed by atoms with van der Waals surface area (Å²) in [4.78, 5) is 19.2. The number of hydrogen-bond acceptors (Lipinski definition) is 4. The molecule has 1 N–H and O–H groups in total. The fourth-order valence-corrected chi connectivity index (χ4v) is 7.75. The summed E-state index contributed by atoms with van der Waals surface area (Å²) in [5.74, 6) is -0.737. The van der Waals surface area contributed by atoms with Gasteiger partial charge in [-0.25, -0.2) is 0 Å². The summed E-state index contributed by atoms with van der Waals surface area (Å²) >= 11 is -1.21. The number of carbonyl (C=O) groups is 1. The minimum Gasteiger partial charge on any atom is 0 e. The van der Waals surface area contributed by atoms with Gasteiger partial charge in [-0.2, -0.15) is 0 Å². The molecule has 0 saturated carbocycles. The Morgan fingerprint density at radius 2 is 1.64 bits per heavy atom. The van der Waals surface area contributed by atoms with E-state index in [0.717, 1.165) is 29.1 Å². The van der Waals surface area contributed by atoms with Crippen LogP contribution in [0.2, 0.25) is 0 Å². The Labute approximate surface area is 284 Å². The molecule has 235 valence electrons. The van der Waals surface area contributed by atoms with Crippen molar-refractivity contribution in [2.24, 2.45) is 11.8 Å². The van der Waals surface area contributed by atoms with Crippen LogP contribution in [0.3, 0.4) is 0 Å². The molecule has 0 aliphatic carbocycles. The second-order valence-corrected chi connectivity index (χ2v) is 12.9. The van der Waals surface area contributed by atoms with Crippen molar-refractivity contribution in [3.05, 3.63) is 84.0 Å². The van der Waals surface area contributed by atoms with E-state index in [1.165, 1.54) is 6.08 Å². The summed E-state index contributed by atoms with van der Waals surface area (Å²) < 4.78 is 99.6. The molecule has 0 aliphatic rings. The molecule has 0 unspecified atom stereocenters. The van der Waals surface area contributed by atoms with Gasteiger partial charge in [0.15, 0.2) is 5.78 Å². The van der Waals surface area contributed by atoms with Gasteiger partial charge in [0.1, 0.15) is 0 Å². The molecular formula is C34H33F4IrN2O2Te-. The third-order valence-corrected chi connectivity index (χ3v) is 10.4. The molecule has 2 heterocycles. The maximum Gasteiger partial charge on any atom is 0 e. The van der Waals surface area contributed by atoms with Gasteiger partial charge in [0, 0.05) is 38.0 Å². The zero-order valence-corrected chi connectivity index (χ0v) is 29.1. The van der Waals surface area contributed by atoms with Gasteiger partial charge in [0.25, 0.3) is 0 Å². The summed E-state index contributed by atoms with van der Waals surface area (Å²) in [5.41, 5.74) is -2.64. The van der Waals surface area contributed by atoms with Gasteiger partial charge in [0.05, 0.1) is 5.76 Å². The molecule has 0 aliphatic heterocycles. The van der Waals surface area contributed by atoms with E-state index in [-0.39, 0.29) is 49.2 Å². The van der Waals surface area contributed by atoms with Crippen molar-refractivity contribution in [2.45, 2.75) is 59.6 Å². The Morgan fingerprint density at radius 1 is 1.02 bits per heavy atom. The first kappa shape index (κ1) is 28.8. The first-order valence-electron chi connectivity index (χ1n) is 16.4. The molecule has 5 rings (SSSR count). The molecule has 44 heavy (non-hydrogen) atoms. The van der Waals surface area contributed by atoms with Gasteiger partial charge in [-0.1, -0.05) is 27.7 Å². The van der Waals surface area contributed by atoms with E-state index < -0.39 is 90.1 Å². The summed E-state index contributed by atoms with van der Waals surface area (Å²) in [6, 6.07) is 6.48. The van der Waals surface area contributed by atoms with Crippen LogP contribution in [0.25, 0.3) is 39.7 Å². The van der Waals surface area contributed by atoms with E-state index in [9.17, 15) is 23.1 Å². The standard InChI is InChI=1S/C21H9F4N2Te.C13H24O2.Ir/c22-18-13-7-3-2-6-12(13)17(21(23,24)25)20-16(18)19(26-10-27-20)15-9-11-5-1-4-8-14(11)28-15;1-5-10(6-2)12(14)9-13(15)11(7-3)8-4;/h1-8,10H;9-11,14H,5-8H2,1-4H3;/q-1;;/b;12-9-;/i2D,3D,6D,7D,10D;;. The van der Waals surface area contributed by atoms with Crippen LogP contribution in [0.15, 0.2) is 66.6 Å². The number of nitrogens with zero attached hydrogens (tertiary/aromatic N) is 2. The molecule has 0 spiro atoms. The Kier molecular flexibility index (Phi) is 10.2. The third-order valence-electron chi connectivity index (χ3n) is 7.34. The Morgan fingerprint density at radius 3 is 2.23 bits per heavy atom. The molecule has 4 nitrogen and oxygen atoms in total. The number of hydrogen-bond donors (Lipinski definition) is 1. The summed E-state index contributed by atoms with van der Waals surface area (Å²) in [6.45, 7) is 8.07. The number of alkyl halides is 3. The summed E-state index contributed by atoms with van der Waals surface area (Å²) in [5, 5.41) is 7.94. The number of halogens is 4. The minimum absolute atomic E-state index is 0. The van der Waals surface area contributed by atoms with E-state index in [2.05, 4.69) is 16.0 Å². The normalized spacial score (nSPS) is 13.7. The summed E-state index contributed by atoms with van der Waals surface area (Å²) in [6.07, 6.45) is -1.00. The zero-order valence-electron chi connectivity index (χ0n) is 29.4. The molecule has 0 atom stereocenters. The first-order valence-corrected chi connectivity index (χ1v) is 16.3. The van der Waals surface area contributed by atoms with Gasteiger partial charge < -0.3 is 5.11 Å². The molecule has 5 aromatic rings. The van der Waals surface area contributed by atoms with Crippen molar-refractivity contribution in [1.82, 2.24) is 9.97 Å². The maximum absolute atomic E-state index is 15.9. The van der Waals surface area contributed by atoms with E-state index >= 15 is 4.39 Å².